The van der Waals surface area contributed by atoms with Crippen LogP contribution in [0, 0.1) is 6.92 Å². The van der Waals surface area contributed by atoms with Gasteiger partial charge in [0.15, 0.2) is 0 Å². The number of rotatable bonds is 3. The third kappa shape index (κ3) is 1.62. The normalized spacial score (nSPS) is 22.7. The molecule has 3 nitrogen and oxygen atoms in total. The zero-order chi connectivity index (χ0) is 12.9. The third-order valence-corrected chi connectivity index (χ3v) is 4.00. The highest BCUT2D eigenvalue weighted by atomic mass is 16.5. The largest absolute Gasteiger partial charge is 0.496 e. The molecule has 3 rings (SSSR count). The second-order valence-electron chi connectivity index (χ2n) is 5.41. The van der Waals surface area contributed by atoms with Crippen molar-refractivity contribution in [2.24, 2.45) is 0 Å². The molecule has 0 amide bonds. The third-order valence-electron chi connectivity index (χ3n) is 4.00. The van der Waals surface area contributed by atoms with Crippen LogP contribution in [0.15, 0.2) is 24.4 Å². The van der Waals surface area contributed by atoms with E-state index in [1.54, 1.807) is 7.11 Å². The van der Waals surface area contributed by atoms with Gasteiger partial charge in [0.25, 0.3) is 0 Å². The number of methoxy groups -OCH3 is 1. The highest BCUT2D eigenvalue weighted by molar-refractivity contribution is 5.88. The molecule has 1 saturated carbocycles. The lowest BCUT2D eigenvalue weighted by Gasteiger charge is -2.11. The summed E-state index contributed by atoms with van der Waals surface area (Å²) in [7, 11) is 6.06. The Morgan fingerprint density at radius 2 is 2.06 bits per heavy atom. The molecule has 0 spiro atoms. The summed E-state index contributed by atoms with van der Waals surface area (Å²) in [5.74, 6) is 1.01. The molecule has 96 valence electrons. The van der Waals surface area contributed by atoms with Crippen LogP contribution in [-0.4, -0.2) is 36.7 Å². The average molecular weight is 244 g/mol. The highest BCUT2D eigenvalue weighted by Crippen LogP contribution is 2.42. The quantitative estimate of drug-likeness (QED) is 0.826. The maximum atomic E-state index is 5.52. The standard InChI is InChI=1S/C15H20N2O/c1-10-5-6-12-11(15(10)18-4)7-8-17(12)14-9-13(14)16(2)3/h5-8,13-14H,9H2,1-4H3. The van der Waals surface area contributed by atoms with Gasteiger partial charge in [0.05, 0.1) is 18.7 Å². The molecule has 1 heterocycles. The summed E-state index contributed by atoms with van der Waals surface area (Å²) in [6, 6.07) is 7.81. The van der Waals surface area contributed by atoms with Gasteiger partial charge in [-0.3, -0.25) is 0 Å². The lowest BCUT2D eigenvalue weighted by Crippen LogP contribution is -2.17. The van der Waals surface area contributed by atoms with Crippen molar-refractivity contribution in [3.8, 4) is 5.75 Å². The summed E-state index contributed by atoms with van der Waals surface area (Å²) < 4.78 is 7.91. The van der Waals surface area contributed by atoms with Crippen molar-refractivity contribution in [3.63, 3.8) is 0 Å². The average Bonchev–Trinajstić information content (AvgIpc) is 3.03. The Morgan fingerprint density at radius 3 is 2.67 bits per heavy atom. The van der Waals surface area contributed by atoms with E-state index in [2.05, 4.69) is 54.9 Å². The molecule has 1 fully saturated rings. The maximum Gasteiger partial charge on any atom is 0.131 e. The molecule has 2 aromatic rings. The molecule has 2 atom stereocenters. The second-order valence-corrected chi connectivity index (χ2v) is 5.41. The minimum atomic E-state index is 0.616. The number of ether oxygens (including phenoxy) is 1. The van der Waals surface area contributed by atoms with Gasteiger partial charge in [0.2, 0.25) is 0 Å². The van der Waals surface area contributed by atoms with Crippen molar-refractivity contribution in [2.45, 2.75) is 25.4 Å². The van der Waals surface area contributed by atoms with E-state index < -0.39 is 0 Å². The van der Waals surface area contributed by atoms with Gasteiger partial charge in [-0.1, -0.05) is 6.07 Å². The van der Waals surface area contributed by atoms with E-state index in [9.17, 15) is 0 Å². The predicted octanol–water partition coefficient (Wildman–Crippen LogP) is 2.83. The molecule has 0 aliphatic heterocycles. The number of fused-ring (bicyclic) bond motifs is 1. The van der Waals surface area contributed by atoms with Gasteiger partial charge in [-0.25, -0.2) is 0 Å². The highest BCUT2D eigenvalue weighted by Gasteiger charge is 2.40. The van der Waals surface area contributed by atoms with E-state index >= 15 is 0 Å². The summed E-state index contributed by atoms with van der Waals surface area (Å²) in [5, 5.41) is 1.22. The van der Waals surface area contributed by atoms with Crippen LogP contribution >= 0.6 is 0 Å². The molecule has 18 heavy (non-hydrogen) atoms. The lowest BCUT2D eigenvalue weighted by atomic mass is 10.1. The molecule has 0 radical (unpaired) electrons. The second kappa shape index (κ2) is 4.02. The van der Waals surface area contributed by atoms with E-state index in [1.807, 2.05) is 0 Å². The van der Waals surface area contributed by atoms with Crippen molar-refractivity contribution in [3.05, 3.63) is 30.0 Å². The first-order valence-corrected chi connectivity index (χ1v) is 6.44. The first-order valence-electron chi connectivity index (χ1n) is 6.44. The van der Waals surface area contributed by atoms with Crippen LogP contribution in [0.5, 0.6) is 5.75 Å². The summed E-state index contributed by atoms with van der Waals surface area (Å²) in [6.07, 6.45) is 3.44. The molecular formula is C15H20N2O. The summed E-state index contributed by atoms with van der Waals surface area (Å²) in [5.41, 5.74) is 2.48. The molecule has 1 aromatic carbocycles. The SMILES string of the molecule is COc1c(C)ccc2c1ccn2C1CC1N(C)C. The lowest BCUT2D eigenvalue weighted by molar-refractivity contribution is 0.377. The number of hydrogen-bond donors (Lipinski definition) is 0. The zero-order valence-electron chi connectivity index (χ0n) is 11.5. The van der Waals surface area contributed by atoms with Crippen LogP contribution in [0.4, 0.5) is 0 Å². The maximum absolute atomic E-state index is 5.52. The molecule has 3 heteroatoms. The number of aromatic nitrogens is 1. The molecular weight excluding hydrogens is 224 g/mol. The molecule has 1 aromatic heterocycles. The summed E-state index contributed by atoms with van der Waals surface area (Å²) >= 11 is 0. The van der Waals surface area contributed by atoms with E-state index in [1.165, 1.54) is 22.9 Å². The number of benzene rings is 1. The molecule has 1 aliphatic rings. The van der Waals surface area contributed by atoms with E-state index in [0.717, 1.165) is 5.75 Å². The van der Waals surface area contributed by atoms with E-state index in [0.29, 0.717) is 12.1 Å². The van der Waals surface area contributed by atoms with Crippen molar-refractivity contribution in [2.75, 3.05) is 21.2 Å². The Morgan fingerprint density at radius 1 is 1.28 bits per heavy atom. The molecule has 1 aliphatic carbocycles. The van der Waals surface area contributed by atoms with Gasteiger partial charge >= 0.3 is 0 Å². The van der Waals surface area contributed by atoms with Crippen molar-refractivity contribution >= 4 is 10.9 Å². The summed E-state index contributed by atoms with van der Waals surface area (Å²) in [4.78, 5) is 2.31. The number of nitrogens with zero attached hydrogens (tertiary/aromatic N) is 2. The topological polar surface area (TPSA) is 17.4 Å². The minimum absolute atomic E-state index is 0.616. The Hall–Kier alpha value is -1.48. The number of aryl methyl sites for hydroxylation is 1. The Kier molecular flexibility index (Phi) is 2.59. The van der Waals surface area contributed by atoms with Crippen LogP contribution < -0.4 is 4.74 Å². The van der Waals surface area contributed by atoms with Crippen LogP contribution in [0.3, 0.4) is 0 Å². The van der Waals surface area contributed by atoms with Gasteiger partial charge in [-0.15, -0.1) is 0 Å². The Labute approximate surface area is 108 Å². The fraction of sp³-hybridized carbons (Fsp3) is 0.467. The first-order chi connectivity index (χ1) is 8.63. The molecule has 0 saturated heterocycles. The Balaban J connectivity index is 2.06. The van der Waals surface area contributed by atoms with Crippen molar-refractivity contribution in [1.82, 2.24) is 9.47 Å². The van der Waals surface area contributed by atoms with Gasteiger partial charge in [0, 0.05) is 17.6 Å². The number of hydrogen-bond acceptors (Lipinski definition) is 2. The summed E-state index contributed by atoms with van der Waals surface area (Å²) in [6.45, 7) is 2.09. The van der Waals surface area contributed by atoms with Gasteiger partial charge < -0.3 is 14.2 Å². The van der Waals surface area contributed by atoms with E-state index in [-0.39, 0.29) is 0 Å². The monoisotopic (exact) mass is 244 g/mol. The fourth-order valence-corrected chi connectivity index (χ4v) is 2.90. The predicted molar refractivity (Wildman–Crippen MR) is 74.4 cm³/mol. The Bertz CT molecular complexity index is 585. The minimum Gasteiger partial charge on any atom is -0.496 e. The molecule has 2 unspecified atom stereocenters. The first kappa shape index (κ1) is 11.6. The van der Waals surface area contributed by atoms with Crippen LogP contribution in [0.1, 0.15) is 18.0 Å². The van der Waals surface area contributed by atoms with Gasteiger partial charge in [-0.05, 0) is 45.1 Å². The smallest absolute Gasteiger partial charge is 0.131 e. The van der Waals surface area contributed by atoms with Gasteiger partial charge in [-0.2, -0.15) is 0 Å². The number of likely N-dealkylation sites (N-methyl/N-ethyl adjacent to an activating group) is 1. The molecule has 0 bridgehead atoms. The van der Waals surface area contributed by atoms with Crippen LogP contribution in [0.2, 0.25) is 0 Å². The zero-order valence-corrected chi connectivity index (χ0v) is 11.5. The van der Waals surface area contributed by atoms with Crippen LogP contribution in [0.25, 0.3) is 10.9 Å². The van der Waals surface area contributed by atoms with Crippen LogP contribution in [-0.2, 0) is 0 Å². The van der Waals surface area contributed by atoms with Crippen molar-refractivity contribution in [1.29, 1.82) is 0 Å². The van der Waals surface area contributed by atoms with Gasteiger partial charge in [0.1, 0.15) is 5.75 Å². The molecule has 0 N–H and O–H groups in total. The van der Waals surface area contributed by atoms with Crippen molar-refractivity contribution < 1.29 is 4.74 Å². The fourth-order valence-electron chi connectivity index (χ4n) is 2.90. The van der Waals surface area contributed by atoms with E-state index in [4.69, 9.17) is 4.74 Å².